The molecular weight excluding hydrogens is 336 g/mol. The second-order valence-electron chi connectivity index (χ2n) is 5.57. The number of hydrogen-bond donors (Lipinski definition) is 3. The van der Waals surface area contributed by atoms with Crippen molar-refractivity contribution in [3.63, 3.8) is 0 Å². The monoisotopic (exact) mass is 348 g/mol. The normalized spacial score (nSPS) is 10.8. The molecule has 4 rings (SSSR count). The number of aromatic nitrogens is 3. The second kappa shape index (κ2) is 6.17. The Morgan fingerprint density at radius 3 is 2.58 bits per heavy atom. The quantitative estimate of drug-likeness (QED) is 0.490. The number of nitrogens with zero attached hydrogens (tertiary/aromatic N) is 1. The van der Waals surface area contributed by atoms with Crippen LogP contribution in [0, 0.1) is 0 Å². The molecule has 0 aliphatic rings. The predicted octanol–water partition coefficient (Wildman–Crippen LogP) is 2.12. The molecule has 0 radical (unpaired) electrons. The molecule has 8 heteroatoms. The van der Waals surface area contributed by atoms with Crippen LogP contribution in [-0.2, 0) is 0 Å². The van der Waals surface area contributed by atoms with Gasteiger partial charge in [0.1, 0.15) is 0 Å². The Labute approximate surface area is 145 Å². The van der Waals surface area contributed by atoms with Crippen LogP contribution in [0.15, 0.2) is 69.1 Å². The van der Waals surface area contributed by atoms with Crippen LogP contribution in [0.25, 0.3) is 22.4 Å². The number of fused-ring (bicyclic) bond motifs is 1. The van der Waals surface area contributed by atoms with Gasteiger partial charge in [-0.25, -0.2) is 4.98 Å². The molecule has 0 bridgehead atoms. The molecule has 0 unspecified atom stereocenters. The predicted molar refractivity (Wildman–Crippen MR) is 95.1 cm³/mol. The first-order chi connectivity index (χ1) is 12.6. The lowest BCUT2D eigenvalue weighted by Crippen LogP contribution is -2.29. The van der Waals surface area contributed by atoms with Crippen LogP contribution < -0.4 is 16.4 Å². The van der Waals surface area contributed by atoms with Gasteiger partial charge in [0.05, 0.1) is 17.2 Å². The van der Waals surface area contributed by atoms with Gasteiger partial charge in [-0.15, -0.1) is 0 Å². The highest BCUT2D eigenvalue weighted by Crippen LogP contribution is 2.22. The molecule has 4 aromatic rings. The van der Waals surface area contributed by atoms with Gasteiger partial charge in [0.25, 0.3) is 5.91 Å². The summed E-state index contributed by atoms with van der Waals surface area (Å²) in [5.41, 5.74) is 1.01. The summed E-state index contributed by atoms with van der Waals surface area (Å²) in [6, 6.07) is 11.8. The van der Waals surface area contributed by atoms with E-state index in [4.69, 9.17) is 4.42 Å². The largest absolute Gasteiger partial charge is 0.444 e. The van der Waals surface area contributed by atoms with Gasteiger partial charge in [-0.05, 0) is 30.3 Å². The van der Waals surface area contributed by atoms with Gasteiger partial charge < -0.3 is 19.7 Å². The minimum atomic E-state index is -0.769. The van der Waals surface area contributed by atoms with Gasteiger partial charge in [0.2, 0.25) is 0 Å². The lowest BCUT2D eigenvalue weighted by molar-refractivity contribution is 0.102. The SMILES string of the molecule is O=C(Nc1cccc(-c2cnco2)c1)c1ccc2[nH]c(=O)c(=O)[nH]c2c1. The van der Waals surface area contributed by atoms with E-state index in [1.165, 1.54) is 12.5 Å². The number of nitrogens with one attached hydrogen (secondary N) is 3. The first kappa shape index (κ1) is 15.6. The zero-order chi connectivity index (χ0) is 18.1. The van der Waals surface area contributed by atoms with Crippen LogP contribution >= 0.6 is 0 Å². The molecule has 0 fully saturated rings. The summed E-state index contributed by atoms with van der Waals surface area (Å²) in [5, 5.41) is 2.79. The Kier molecular flexibility index (Phi) is 3.70. The maximum absolute atomic E-state index is 12.5. The molecule has 3 N–H and O–H groups in total. The van der Waals surface area contributed by atoms with E-state index < -0.39 is 11.1 Å². The Hall–Kier alpha value is -3.94. The Morgan fingerprint density at radius 2 is 1.81 bits per heavy atom. The number of carbonyl (C=O) groups is 1. The molecule has 0 aliphatic carbocycles. The van der Waals surface area contributed by atoms with E-state index in [2.05, 4.69) is 20.3 Å². The molecule has 0 saturated carbocycles. The highest BCUT2D eigenvalue weighted by atomic mass is 16.3. The minimum absolute atomic E-state index is 0.338. The minimum Gasteiger partial charge on any atom is -0.444 e. The summed E-state index contributed by atoms with van der Waals surface area (Å²) < 4.78 is 5.25. The fourth-order valence-corrected chi connectivity index (χ4v) is 2.57. The number of amides is 1. The Balaban J connectivity index is 1.63. The summed E-state index contributed by atoms with van der Waals surface area (Å²) in [4.78, 5) is 44.0. The van der Waals surface area contributed by atoms with Crippen molar-refractivity contribution in [2.45, 2.75) is 0 Å². The fourth-order valence-electron chi connectivity index (χ4n) is 2.57. The molecule has 0 atom stereocenters. The number of rotatable bonds is 3. The third-order valence-corrected chi connectivity index (χ3v) is 3.82. The maximum atomic E-state index is 12.5. The van der Waals surface area contributed by atoms with Crippen molar-refractivity contribution >= 4 is 22.6 Å². The van der Waals surface area contributed by atoms with E-state index in [1.807, 2.05) is 6.07 Å². The van der Waals surface area contributed by atoms with Crippen molar-refractivity contribution < 1.29 is 9.21 Å². The molecule has 8 nitrogen and oxygen atoms in total. The number of oxazole rings is 1. The van der Waals surface area contributed by atoms with E-state index >= 15 is 0 Å². The number of aromatic amines is 2. The topological polar surface area (TPSA) is 121 Å². The molecular formula is C18H12N4O4. The number of benzene rings is 2. The Bertz CT molecular complexity index is 1220. The van der Waals surface area contributed by atoms with E-state index in [0.717, 1.165) is 5.56 Å². The van der Waals surface area contributed by atoms with Crippen LogP contribution in [0.5, 0.6) is 0 Å². The van der Waals surface area contributed by atoms with Crippen LogP contribution in [0.2, 0.25) is 0 Å². The van der Waals surface area contributed by atoms with Crippen LogP contribution in [0.3, 0.4) is 0 Å². The summed E-state index contributed by atoms with van der Waals surface area (Å²) >= 11 is 0. The van der Waals surface area contributed by atoms with Crippen molar-refractivity contribution in [1.82, 2.24) is 15.0 Å². The number of hydrogen-bond acceptors (Lipinski definition) is 5. The summed E-state index contributed by atoms with van der Waals surface area (Å²) in [7, 11) is 0. The van der Waals surface area contributed by atoms with Gasteiger partial charge >= 0.3 is 11.1 Å². The number of carbonyl (C=O) groups excluding carboxylic acids is 1. The van der Waals surface area contributed by atoms with E-state index in [1.54, 1.807) is 36.5 Å². The van der Waals surface area contributed by atoms with Crippen LogP contribution in [0.1, 0.15) is 10.4 Å². The fraction of sp³-hybridized carbons (Fsp3) is 0. The Morgan fingerprint density at radius 1 is 1.00 bits per heavy atom. The third-order valence-electron chi connectivity index (χ3n) is 3.82. The summed E-state index contributed by atoms with van der Waals surface area (Å²) in [5.74, 6) is 0.238. The zero-order valence-corrected chi connectivity index (χ0v) is 13.3. The second-order valence-corrected chi connectivity index (χ2v) is 5.57. The first-order valence-electron chi connectivity index (χ1n) is 7.67. The molecule has 128 valence electrons. The van der Waals surface area contributed by atoms with Crippen molar-refractivity contribution in [2.75, 3.05) is 5.32 Å². The molecule has 26 heavy (non-hydrogen) atoms. The van der Waals surface area contributed by atoms with Gasteiger partial charge in [-0.1, -0.05) is 12.1 Å². The number of anilines is 1. The van der Waals surface area contributed by atoms with Gasteiger partial charge in [0.15, 0.2) is 12.2 Å². The van der Waals surface area contributed by atoms with E-state index in [0.29, 0.717) is 28.0 Å². The maximum Gasteiger partial charge on any atom is 0.314 e. The molecule has 2 heterocycles. The molecule has 0 aliphatic heterocycles. The molecule has 2 aromatic heterocycles. The zero-order valence-electron chi connectivity index (χ0n) is 13.3. The van der Waals surface area contributed by atoms with Crippen molar-refractivity contribution in [1.29, 1.82) is 0 Å². The van der Waals surface area contributed by atoms with Gasteiger partial charge in [-0.3, -0.25) is 14.4 Å². The average Bonchev–Trinajstić information content (AvgIpc) is 3.17. The van der Waals surface area contributed by atoms with Gasteiger partial charge in [0, 0.05) is 16.8 Å². The molecule has 0 saturated heterocycles. The van der Waals surface area contributed by atoms with Crippen LogP contribution in [0.4, 0.5) is 5.69 Å². The van der Waals surface area contributed by atoms with E-state index in [-0.39, 0.29) is 5.91 Å². The van der Waals surface area contributed by atoms with Gasteiger partial charge in [-0.2, -0.15) is 0 Å². The highest BCUT2D eigenvalue weighted by Gasteiger charge is 2.10. The lowest BCUT2D eigenvalue weighted by atomic mass is 10.1. The van der Waals surface area contributed by atoms with Crippen molar-refractivity contribution in [3.05, 3.63) is 81.3 Å². The van der Waals surface area contributed by atoms with Crippen molar-refractivity contribution in [2.24, 2.45) is 0 Å². The molecule has 2 aromatic carbocycles. The molecule has 0 spiro atoms. The third kappa shape index (κ3) is 2.91. The average molecular weight is 348 g/mol. The lowest BCUT2D eigenvalue weighted by Gasteiger charge is -2.07. The summed E-state index contributed by atoms with van der Waals surface area (Å²) in [6.45, 7) is 0. The van der Waals surface area contributed by atoms with Crippen LogP contribution in [-0.4, -0.2) is 20.9 Å². The van der Waals surface area contributed by atoms with E-state index in [9.17, 15) is 14.4 Å². The number of H-pyrrole nitrogens is 2. The molecule has 1 amide bonds. The summed E-state index contributed by atoms with van der Waals surface area (Å²) in [6.07, 6.45) is 2.92. The van der Waals surface area contributed by atoms with Crippen molar-refractivity contribution in [3.8, 4) is 11.3 Å². The standard InChI is InChI=1S/C18H12N4O4/c23-16(11-4-5-13-14(7-11)22-18(25)17(24)21-13)20-12-3-1-2-10(6-12)15-8-19-9-26-15/h1-9H,(H,20,23)(H,21,24)(H,22,25). The smallest absolute Gasteiger partial charge is 0.314 e. The first-order valence-corrected chi connectivity index (χ1v) is 7.67. The highest BCUT2D eigenvalue weighted by molar-refractivity contribution is 6.06.